The maximum absolute atomic E-state index is 12.1. The second-order valence-corrected chi connectivity index (χ2v) is 6.07. The lowest BCUT2D eigenvalue weighted by molar-refractivity contribution is -0.137. The number of carbonyl (C=O) groups is 2. The summed E-state index contributed by atoms with van der Waals surface area (Å²) in [6.45, 7) is 2.26. The van der Waals surface area contributed by atoms with Crippen molar-refractivity contribution in [3.63, 3.8) is 0 Å². The van der Waals surface area contributed by atoms with Gasteiger partial charge in [-0.3, -0.25) is 9.59 Å². The minimum absolute atomic E-state index is 0.0237. The van der Waals surface area contributed by atoms with Crippen LogP contribution in [0, 0.1) is 0 Å². The Balaban J connectivity index is 1.47. The van der Waals surface area contributed by atoms with E-state index >= 15 is 0 Å². The summed E-state index contributed by atoms with van der Waals surface area (Å²) in [6.07, 6.45) is 1.47. The Kier molecular flexibility index (Phi) is 6.59. The molecule has 3 rings (SSSR count). The van der Waals surface area contributed by atoms with E-state index < -0.39 is 5.91 Å². The van der Waals surface area contributed by atoms with Gasteiger partial charge in [0.1, 0.15) is 11.5 Å². The number of rotatable bonds is 6. The molecular weight excluding hydrogens is 362 g/mol. The number of hydrogen-bond acceptors (Lipinski definition) is 6. The molecule has 2 aromatic carbocycles. The van der Waals surface area contributed by atoms with Crippen LogP contribution in [0.2, 0.25) is 0 Å². The molecule has 0 saturated carbocycles. The predicted molar refractivity (Wildman–Crippen MR) is 103 cm³/mol. The van der Waals surface area contributed by atoms with Crippen molar-refractivity contribution in [1.29, 1.82) is 0 Å². The van der Waals surface area contributed by atoms with E-state index in [4.69, 9.17) is 9.47 Å². The van der Waals surface area contributed by atoms with Gasteiger partial charge in [0.15, 0.2) is 6.61 Å². The summed E-state index contributed by atoms with van der Waals surface area (Å²) in [5, 5.41) is 13.5. The summed E-state index contributed by atoms with van der Waals surface area (Å²) >= 11 is 0. The SMILES string of the molecule is O=C(NN=Cc1ccc(OCC(=O)N2CCOCC2)cc1)c1ccccc1O. The molecule has 146 valence electrons. The fraction of sp³-hybridized carbons (Fsp3) is 0.250. The van der Waals surface area contributed by atoms with Crippen LogP contribution in [-0.4, -0.2) is 60.9 Å². The summed E-state index contributed by atoms with van der Waals surface area (Å²) in [5.41, 5.74) is 3.25. The normalized spacial score (nSPS) is 14.1. The highest BCUT2D eigenvalue weighted by atomic mass is 16.5. The van der Waals surface area contributed by atoms with Gasteiger partial charge < -0.3 is 19.5 Å². The summed E-state index contributed by atoms with van der Waals surface area (Å²) in [7, 11) is 0. The van der Waals surface area contributed by atoms with E-state index in [1.165, 1.54) is 18.3 Å². The van der Waals surface area contributed by atoms with Crippen LogP contribution in [0.5, 0.6) is 11.5 Å². The van der Waals surface area contributed by atoms with Crippen molar-refractivity contribution >= 4 is 18.0 Å². The summed E-state index contributed by atoms with van der Waals surface area (Å²) in [5.74, 6) is -0.114. The Morgan fingerprint density at radius 3 is 2.57 bits per heavy atom. The Morgan fingerprint density at radius 2 is 1.86 bits per heavy atom. The van der Waals surface area contributed by atoms with Crippen molar-refractivity contribution in [1.82, 2.24) is 10.3 Å². The summed E-state index contributed by atoms with van der Waals surface area (Å²) < 4.78 is 10.7. The number of hydrazone groups is 1. The van der Waals surface area contributed by atoms with Crippen LogP contribution < -0.4 is 10.2 Å². The highest BCUT2D eigenvalue weighted by Crippen LogP contribution is 2.15. The molecule has 1 heterocycles. The summed E-state index contributed by atoms with van der Waals surface area (Å²) in [6, 6.07) is 13.2. The van der Waals surface area contributed by atoms with Crippen LogP contribution in [0.15, 0.2) is 53.6 Å². The third kappa shape index (κ3) is 5.31. The first-order chi connectivity index (χ1) is 13.6. The number of phenolic OH excluding ortho intramolecular Hbond substituents is 1. The number of nitrogens with zero attached hydrogens (tertiary/aromatic N) is 2. The maximum atomic E-state index is 12.1. The van der Waals surface area contributed by atoms with Gasteiger partial charge in [-0.15, -0.1) is 0 Å². The fourth-order valence-corrected chi connectivity index (χ4v) is 2.59. The van der Waals surface area contributed by atoms with Crippen molar-refractivity contribution in [2.75, 3.05) is 32.9 Å². The van der Waals surface area contributed by atoms with E-state index in [-0.39, 0.29) is 23.8 Å². The summed E-state index contributed by atoms with van der Waals surface area (Å²) in [4.78, 5) is 25.7. The Labute approximate surface area is 162 Å². The molecule has 1 saturated heterocycles. The van der Waals surface area contributed by atoms with Gasteiger partial charge in [0.2, 0.25) is 0 Å². The molecule has 2 amide bonds. The second kappa shape index (κ2) is 9.52. The zero-order chi connectivity index (χ0) is 19.8. The third-order valence-corrected chi connectivity index (χ3v) is 4.13. The number of hydrogen-bond donors (Lipinski definition) is 2. The molecule has 0 unspecified atom stereocenters. The minimum atomic E-state index is -0.504. The first-order valence-electron chi connectivity index (χ1n) is 8.83. The molecule has 2 N–H and O–H groups in total. The Bertz CT molecular complexity index is 845. The van der Waals surface area contributed by atoms with E-state index in [0.717, 1.165) is 5.56 Å². The smallest absolute Gasteiger partial charge is 0.275 e. The lowest BCUT2D eigenvalue weighted by Crippen LogP contribution is -2.42. The lowest BCUT2D eigenvalue weighted by atomic mass is 10.2. The monoisotopic (exact) mass is 383 g/mol. The van der Waals surface area contributed by atoms with Crippen LogP contribution in [0.25, 0.3) is 0 Å². The van der Waals surface area contributed by atoms with E-state index in [1.54, 1.807) is 41.3 Å². The number of aromatic hydroxyl groups is 1. The number of para-hydroxylation sites is 1. The van der Waals surface area contributed by atoms with Crippen molar-refractivity contribution < 1.29 is 24.2 Å². The van der Waals surface area contributed by atoms with Gasteiger partial charge >= 0.3 is 0 Å². The molecule has 0 radical (unpaired) electrons. The Morgan fingerprint density at radius 1 is 1.14 bits per heavy atom. The number of amides is 2. The third-order valence-electron chi connectivity index (χ3n) is 4.13. The van der Waals surface area contributed by atoms with E-state index in [2.05, 4.69) is 10.5 Å². The fourth-order valence-electron chi connectivity index (χ4n) is 2.59. The molecule has 1 aliphatic heterocycles. The molecule has 0 aromatic heterocycles. The van der Waals surface area contributed by atoms with Crippen LogP contribution in [0.1, 0.15) is 15.9 Å². The van der Waals surface area contributed by atoms with Crippen LogP contribution in [0.4, 0.5) is 0 Å². The average molecular weight is 383 g/mol. The van der Waals surface area contributed by atoms with E-state index in [9.17, 15) is 14.7 Å². The number of ether oxygens (including phenoxy) is 2. The van der Waals surface area contributed by atoms with E-state index in [0.29, 0.717) is 32.1 Å². The van der Waals surface area contributed by atoms with Gasteiger partial charge in [0.25, 0.3) is 11.8 Å². The molecule has 8 heteroatoms. The molecule has 1 fully saturated rings. The molecule has 8 nitrogen and oxygen atoms in total. The zero-order valence-electron chi connectivity index (χ0n) is 15.2. The maximum Gasteiger partial charge on any atom is 0.275 e. The number of morpholine rings is 1. The van der Waals surface area contributed by atoms with Crippen LogP contribution in [0.3, 0.4) is 0 Å². The highest BCUT2D eigenvalue weighted by molar-refractivity contribution is 5.97. The molecular formula is C20H21N3O5. The standard InChI is InChI=1S/C20H21N3O5/c24-18-4-2-1-3-17(18)20(26)22-21-13-15-5-7-16(8-6-15)28-14-19(25)23-9-11-27-12-10-23/h1-8,13,24H,9-12,14H2,(H,22,26). The van der Waals surface area contributed by atoms with Crippen molar-refractivity contribution in [2.24, 2.45) is 5.10 Å². The van der Waals surface area contributed by atoms with Gasteiger partial charge in [0, 0.05) is 13.1 Å². The first-order valence-corrected chi connectivity index (χ1v) is 8.83. The van der Waals surface area contributed by atoms with Gasteiger partial charge in [-0.1, -0.05) is 12.1 Å². The number of nitrogens with one attached hydrogen (secondary N) is 1. The number of carbonyl (C=O) groups excluding carboxylic acids is 2. The Hall–Kier alpha value is -3.39. The average Bonchev–Trinajstić information content (AvgIpc) is 2.74. The van der Waals surface area contributed by atoms with Crippen molar-refractivity contribution in [3.05, 3.63) is 59.7 Å². The quantitative estimate of drug-likeness (QED) is 0.580. The van der Waals surface area contributed by atoms with E-state index in [1.807, 2.05) is 0 Å². The molecule has 2 aromatic rings. The van der Waals surface area contributed by atoms with Gasteiger partial charge in [-0.25, -0.2) is 5.43 Å². The first kappa shape index (κ1) is 19.4. The van der Waals surface area contributed by atoms with Crippen LogP contribution in [-0.2, 0) is 9.53 Å². The van der Waals surface area contributed by atoms with Crippen LogP contribution >= 0.6 is 0 Å². The predicted octanol–water partition coefficient (Wildman–Crippen LogP) is 1.39. The van der Waals surface area contributed by atoms with Gasteiger partial charge in [-0.05, 0) is 42.0 Å². The number of phenols is 1. The minimum Gasteiger partial charge on any atom is -0.507 e. The highest BCUT2D eigenvalue weighted by Gasteiger charge is 2.17. The number of benzene rings is 2. The largest absolute Gasteiger partial charge is 0.507 e. The van der Waals surface area contributed by atoms with Gasteiger partial charge in [0.05, 0.1) is 25.0 Å². The van der Waals surface area contributed by atoms with Gasteiger partial charge in [-0.2, -0.15) is 5.10 Å². The molecule has 28 heavy (non-hydrogen) atoms. The molecule has 0 atom stereocenters. The zero-order valence-corrected chi connectivity index (χ0v) is 15.2. The van der Waals surface area contributed by atoms with Crippen molar-refractivity contribution in [2.45, 2.75) is 0 Å². The molecule has 0 aliphatic carbocycles. The molecule has 1 aliphatic rings. The lowest BCUT2D eigenvalue weighted by Gasteiger charge is -2.26. The topological polar surface area (TPSA) is 100 Å². The molecule has 0 bridgehead atoms. The molecule has 0 spiro atoms. The van der Waals surface area contributed by atoms with Crippen molar-refractivity contribution in [3.8, 4) is 11.5 Å². The second-order valence-electron chi connectivity index (χ2n) is 6.07.